The van der Waals surface area contributed by atoms with E-state index in [4.69, 9.17) is 9.15 Å². The lowest BCUT2D eigenvalue weighted by atomic mass is 9.84. The Bertz CT molecular complexity index is 3600. The van der Waals surface area contributed by atoms with Crippen molar-refractivity contribution in [2.24, 2.45) is 0 Å². The molecule has 12 aromatic rings. The molecule has 2 atom stereocenters. The van der Waals surface area contributed by atoms with Crippen LogP contribution >= 0.6 is 11.3 Å². The van der Waals surface area contributed by atoms with E-state index >= 15 is 0 Å². The van der Waals surface area contributed by atoms with Gasteiger partial charge in [-0.3, -0.25) is 0 Å². The molecule has 0 saturated heterocycles. The highest BCUT2D eigenvalue weighted by Crippen LogP contribution is 2.53. The predicted molar refractivity (Wildman–Crippen MR) is 248 cm³/mol. The standard InChI is InChI=1S/C56H34O2S/c1-3-15-34(16-4-1)52-46-31-45-44-30-36(27-29-49(44)59-50(45)32-48(46)58-55(52)35-17-5-2-6-18-35)51-38-20-9-11-22-40(38)53(41-23-12-10-21-39(41)51)42-24-13-25-47-54(42)43-28-26-33-14-7-8-19-37(33)56(43)57-47/h1-32,52,55H. The summed E-state index contributed by atoms with van der Waals surface area (Å²) in [6, 6.07) is 70.7. The fourth-order valence-electron chi connectivity index (χ4n) is 10.1. The number of rotatable bonds is 4. The van der Waals surface area contributed by atoms with Crippen molar-refractivity contribution >= 4 is 85.8 Å². The average Bonchev–Trinajstić information content (AvgIpc) is 3.99. The molecule has 1 aliphatic rings. The number of benzene rings is 10. The summed E-state index contributed by atoms with van der Waals surface area (Å²) in [7, 11) is 0. The first-order valence-corrected chi connectivity index (χ1v) is 21.1. The van der Waals surface area contributed by atoms with Gasteiger partial charge in [-0.2, -0.15) is 0 Å². The zero-order valence-corrected chi connectivity index (χ0v) is 32.7. The Balaban J connectivity index is 1.03. The van der Waals surface area contributed by atoms with Crippen molar-refractivity contribution in [1.29, 1.82) is 0 Å². The number of ether oxygens (including phenoxy) is 1. The highest BCUT2D eigenvalue weighted by molar-refractivity contribution is 7.25. The van der Waals surface area contributed by atoms with E-state index in [1.807, 2.05) is 11.3 Å². The van der Waals surface area contributed by atoms with Gasteiger partial charge in [-0.1, -0.05) is 158 Å². The van der Waals surface area contributed by atoms with Crippen molar-refractivity contribution in [3.63, 3.8) is 0 Å². The Hall–Kier alpha value is -7.20. The Morgan fingerprint density at radius 3 is 1.81 bits per heavy atom. The Labute approximate surface area is 344 Å². The van der Waals surface area contributed by atoms with Crippen LogP contribution in [0.25, 0.3) is 96.7 Å². The first kappa shape index (κ1) is 32.8. The molecule has 3 heteroatoms. The van der Waals surface area contributed by atoms with Crippen molar-refractivity contribution in [1.82, 2.24) is 0 Å². The van der Waals surface area contributed by atoms with Crippen molar-refractivity contribution in [3.8, 4) is 28.0 Å². The molecule has 2 unspecified atom stereocenters. The summed E-state index contributed by atoms with van der Waals surface area (Å²) in [4.78, 5) is 0. The third-order valence-electron chi connectivity index (χ3n) is 12.7. The predicted octanol–water partition coefficient (Wildman–Crippen LogP) is 16.0. The molecule has 2 aromatic heterocycles. The van der Waals surface area contributed by atoms with E-state index in [1.54, 1.807) is 0 Å². The molecule has 59 heavy (non-hydrogen) atoms. The minimum atomic E-state index is -0.0894. The van der Waals surface area contributed by atoms with Crippen molar-refractivity contribution < 1.29 is 9.15 Å². The van der Waals surface area contributed by atoms with Gasteiger partial charge in [-0.25, -0.2) is 0 Å². The van der Waals surface area contributed by atoms with Gasteiger partial charge in [-0.05, 0) is 96.7 Å². The summed E-state index contributed by atoms with van der Waals surface area (Å²) in [6.45, 7) is 0. The van der Waals surface area contributed by atoms with Crippen LogP contribution in [0.3, 0.4) is 0 Å². The molecule has 2 nitrogen and oxygen atoms in total. The molecule has 0 saturated carbocycles. The molecule has 0 N–H and O–H groups in total. The van der Waals surface area contributed by atoms with Crippen molar-refractivity contribution in [2.75, 3.05) is 0 Å². The lowest BCUT2D eigenvalue weighted by Gasteiger charge is -2.20. The normalized spacial score (nSPS) is 15.3. The van der Waals surface area contributed by atoms with Crippen LogP contribution in [0.4, 0.5) is 0 Å². The minimum absolute atomic E-state index is 0.0894. The van der Waals surface area contributed by atoms with Crippen LogP contribution in [0.2, 0.25) is 0 Å². The maximum atomic E-state index is 6.87. The number of thiophene rings is 1. The lowest BCUT2D eigenvalue weighted by molar-refractivity contribution is 0.222. The van der Waals surface area contributed by atoms with E-state index in [1.165, 1.54) is 86.0 Å². The summed E-state index contributed by atoms with van der Waals surface area (Å²) in [6.07, 6.45) is -0.0894. The topological polar surface area (TPSA) is 22.4 Å². The van der Waals surface area contributed by atoms with Gasteiger partial charge in [0, 0.05) is 41.9 Å². The summed E-state index contributed by atoms with van der Waals surface area (Å²) >= 11 is 1.85. The van der Waals surface area contributed by atoms with E-state index in [-0.39, 0.29) is 12.0 Å². The molecule has 0 amide bonds. The molecule has 10 aromatic carbocycles. The summed E-state index contributed by atoms with van der Waals surface area (Å²) in [5.41, 5.74) is 10.5. The highest BCUT2D eigenvalue weighted by Gasteiger charge is 2.37. The molecule has 0 bridgehead atoms. The summed E-state index contributed by atoms with van der Waals surface area (Å²) in [5, 5.41) is 12.1. The van der Waals surface area contributed by atoms with Gasteiger partial charge >= 0.3 is 0 Å². The molecule has 1 aliphatic heterocycles. The van der Waals surface area contributed by atoms with Gasteiger partial charge in [0.05, 0.1) is 5.92 Å². The number of fused-ring (bicyclic) bond motifs is 11. The molecular formula is C56H34O2S. The summed E-state index contributed by atoms with van der Waals surface area (Å²) in [5.74, 6) is 1.07. The Morgan fingerprint density at radius 2 is 1.07 bits per heavy atom. The fourth-order valence-corrected chi connectivity index (χ4v) is 11.2. The van der Waals surface area contributed by atoms with Crippen molar-refractivity contribution in [3.05, 3.63) is 211 Å². The molecule has 276 valence electrons. The molecular weight excluding hydrogens is 737 g/mol. The SMILES string of the molecule is c1ccc(C2Oc3cc4sc5ccc(-c6c7ccccc7c(-c7cccc8oc9c%10ccccc%10ccc9c78)c7ccccc67)cc5c4cc3C2c2ccccc2)cc1. The molecule has 3 heterocycles. The second kappa shape index (κ2) is 12.6. The summed E-state index contributed by atoms with van der Waals surface area (Å²) < 4.78 is 16.1. The quantitative estimate of drug-likeness (QED) is 0.166. The fraction of sp³-hybridized carbons (Fsp3) is 0.0357. The third kappa shape index (κ3) is 4.86. The second-order valence-corrected chi connectivity index (χ2v) is 16.9. The lowest BCUT2D eigenvalue weighted by Crippen LogP contribution is -2.11. The smallest absolute Gasteiger partial charge is 0.143 e. The van der Waals surface area contributed by atoms with Gasteiger partial charge in [0.2, 0.25) is 0 Å². The van der Waals surface area contributed by atoms with E-state index in [2.05, 4.69) is 194 Å². The van der Waals surface area contributed by atoms with Crippen molar-refractivity contribution in [2.45, 2.75) is 12.0 Å². The molecule has 0 aliphatic carbocycles. The maximum Gasteiger partial charge on any atom is 0.143 e. The monoisotopic (exact) mass is 770 g/mol. The molecule has 0 fully saturated rings. The van der Waals surface area contributed by atoms with E-state index in [0.29, 0.717) is 0 Å². The van der Waals surface area contributed by atoms with Crippen LogP contribution < -0.4 is 4.74 Å². The van der Waals surface area contributed by atoms with E-state index in [9.17, 15) is 0 Å². The molecule has 0 radical (unpaired) electrons. The van der Waals surface area contributed by atoms with Crippen LogP contribution in [0.5, 0.6) is 5.75 Å². The maximum absolute atomic E-state index is 6.87. The number of furan rings is 1. The van der Waals surface area contributed by atoms with E-state index < -0.39 is 0 Å². The number of hydrogen-bond acceptors (Lipinski definition) is 3. The average molecular weight is 771 g/mol. The Kier molecular flexibility index (Phi) is 7.04. The first-order chi connectivity index (χ1) is 29.3. The van der Waals surface area contributed by atoms with Gasteiger partial charge in [0.1, 0.15) is 23.0 Å². The zero-order chi connectivity index (χ0) is 38.6. The third-order valence-corrected chi connectivity index (χ3v) is 13.8. The Morgan fingerprint density at radius 1 is 0.424 bits per heavy atom. The molecule has 0 spiro atoms. The van der Waals surface area contributed by atoms with Crippen LogP contribution in [0, 0.1) is 0 Å². The van der Waals surface area contributed by atoms with Gasteiger partial charge in [0.15, 0.2) is 0 Å². The van der Waals surface area contributed by atoms with Gasteiger partial charge in [0.25, 0.3) is 0 Å². The van der Waals surface area contributed by atoms with Crippen LogP contribution in [0.1, 0.15) is 28.7 Å². The second-order valence-electron chi connectivity index (χ2n) is 15.8. The van der Waals surface area contributed by atoms with Crippen LogP contribution in [-0.2, 0) is 0 Å². The zero-order valence-electron chi connectivity index (χ0n) is 31.9. The first-order valence-electron chi connectivity index (χ1n) is 20.3. The highest BCUT2D eigenvalue weighted by atomic mass is 32.1. The number of hydrogen-bond donors (Lipinski definition) is 0. The van der Waals surface area contributed by atoms with Gasteiger partial charge in [-0.15, -0.1) is 11.3 Å². The minimum Gasteiger partial charge on any atom is -0.484 e. The van der Waals surface area contributed by atoms with Crippen LogP contribution in [0.15, 0.2) is 199 Å². The largest absolute Gasteiger partial charge is 0.484 e. The van der Waals surface area contributed by atoms with E-state index in [0.717, 1.165) is 33.1 Å². The molecule has 13 rings (SSSR count). The van der Waals surface area contributed by atoms with Gasteiger partial charge < -0.3 is 9.15 Å². The van der Waals surface area contributed by atoms with Crippen LogP contribution in [-0.4, -0.2) is 0 Å².